The molecule has 0 fully saturated rings. The maximum Gasteiger partial charge on any atom is 0.270 e. The lowest BCUT2D eigenvalue weighted by molar-refractivity contribution is -0.385. The molecule has 0 radical (unpaired) electrons. The van der Waals surface area contributed by atoms with Gasteiger partial charge in [0, 0.05) is 17.0 Å². The molecule has 1 aromatic carbocycles. The van der Waals surface area contributed by atoms with E-state index in [1.54, 1.807) is 6.92 Å². The van der Waals surface area contributed by atoms with E-state index in [1.807, 2.05) is 0 Å². The van der Waals surface area contributed by atoms with Gasteiger partial charge in [0.25, 0.3) is 5.69 Å². The van der Waals surface area contributed by atoms with Crippen LogP contribution < -0.4 is 0 Å². The summed E-state index contributed by atoms with van der Waals surface area (Å²) < 4.78 is 0. The van der Waals surface area contributed by atoms with Crippen molar-refractivity contribution in [1.29, 1.82) is 0 Å². The molecule has 0 saturated carbocycles. The van der Waals surface area contributed by atoms with Gasteiger partial charge in [-0.2, -0.15) is 0 Å². The predicted molar refractivity (Wildman–Crippen MR) is 50.1 cm³/mol. The molecule has 0 heterocycles. The molecule has 0 aromatic heterocycles. The Morgan fingerprint density at radius 1 is 1.58 bits per heavy atom. The molecule has 0 saturated heterocycles. The largest absolute Gasteiger partial charge is 0.270 e. The number of aryl methyl sites for hydroxylation is 1. The van der Waals surface area contributed by atoms with E-state index in [2.05, 4.69) is 12.6 Å². The molecule has 0 aliphatic carbocycles. The highest BCUT2D eigenvalue weighted by Crippen LogP contribution is 2.28. The van der Waals surface area contributed by atoms with Crippen LogP contribution >= 0.6 is 24.2 Å². The van der Waals surface area contributed by atoms with E-state index in [1.165, 1.54) is 12.1 Å². The second kappa shape index (κ2) is 3.33. The summed E-state index contributed by atoms with van der Waals surface area (Å²) in [6.07, 6.45) is 0. The molecule has 64 valence electrons. The van der Waals surface area contributed by atoms with Crippen LogP contribution in [0.15, 0.2) is 17.0 Å². The minimum Gasteiger partial charge on any atom is -0.258 e. The Labute approximate surface area is 79.9 Å². The zero-order chi connectivity index (χ0) is 9.30. The average molecular weight is 204 g/mol. The van der Waals surface area contributed by atoms with Crippen LogP contribution in [-0.2, 0) is 0 Å². The van der Waals surface area contributed by atoms with Crippen molar-refractivity contribution in [3.8, 4) is 0 Å². The smallest absolute Gasteiger partial charge is 0.258 e. The quantitative estimate of drug-likeness (QED) is 0.433. The summed E-state index contributed by atoms with van der Waals surface area (Å²) in [5, 5.41) is 10.8. The number of hydrogen-bond acceptors (Lipinski definition) is 3. The van der Waals surface area contributed by atoms with Crippen LogP contribution in [0.1, 0.15) is 5.56 Å². The third-order valence-corrected chi connectivity index (χ3v) is 2.42. The van der Waals surface area contributed by atoms with Gasteiger partial charge in [-0.25, -0.2) is 0 Å². The van der Waals surface area contributed by atoms with Crippen molar-refractivity contribution in [2.24, 2.45) is 0 Å². The summed E-state index contributed by atoms with van der Waals surface area (Å²) in [7, 11) is 0. The van der Waals surface area contributed by atoms with Gasteiger partial charge >= 0.3 is 0 Å². The van der Waals surface area contributed by atoms with Gasteiger partial charge in [0.1, 0.15) is 0 Å². The van der Waals surface area contributed by atoms with Crippen molar-refractivity contribution in [1.82, 2.24) is 0 Å². The van der Waals surface area contributed by atoms with Crippen molar-refractivity contribution < 1.29 is 4.92 Å². The van der Waals surface area contributed by atoms with Gasteiger partial charge in [-0.3, -0.25) is 10.1 Å². The van der Waals surface area contributed by atoms with Crippen molar-refractivity contribution in [3.63, 3.8) is 0 Å². The lowest BCUT2D eigenvalue weighted by Gasteiger charge is -2.00. The summed E-state index contributed by atoms with van der Waals surface area (Å²) in [6.45, 7) is 1.70. The average Bonchev–Trinajstić information content (AvgIpc) is 1.99. The molecule has 0 spiro atoms. The van der Waals surface area contributed by atoms with Crippen molar-refractivity contribution >= 4 is 29.9 Å². The van der Waals surface area contributed by atoms with Crippen LogP contribution in [-0.4, -0.2) is 4.92 Å². The van der Waals surface area contributed by atoms with Crippen LogP contribution in [0, 0.1) is 17.0 Å². The highest BCUT2D eigenvalue weighted by Gasteiger charge is 2.10. The number of nitrogens with zero attached hydrogens (tertiary/aromatic N) is 1. The Morgan fingerprint density at radius 3 is 2.58 bits per heavy atom. The molecule has 1 rings (SSSR count). The number of nitro benzene ring substituents is 1. The van der Waals surface area contributed by atoms with Crippen LogP contribution in [0.4, 0.5) is 5.69 Å². The van der Waals surface area contributed by atoms with Crippen LogP contribution in [0.25, 0.3) is 0 Å². The molecule has 5 heteroatoms. The number of hydrogen-bond donors (Lipinski definition) is 1. The summed E-state index contributed by atoms with van der Waals surface area (Å²) in [5.41, 5.74) is 0.678. The summed E-state index contributed by atoms with van der Waals surface area (Å²) in [5.74, 6) is 0. The minimum atomic E-state index is -0.469. The van der Waals surface area contributed by atoms with E-state index in [4.69, 9.17) is 11.6 Å². The van der Waals surface area contributed by atoms with Gasteiger partial charge < -0.3 is 0 Å². The van der Waals surface area contributed by atoms with E-state index < -0.39 is 4.92 Å². The standard InChI is InChI=1S/C7H6ClNO2S/c1-4-2-5(9(10)11)3-6(12)7(4)8/h2-3,12H,1H3. The number of nitro groups is 1. The van der Waals surface area contributed by atoms with E-state index >= 15 is 0 Å². The molecular formula is C7H6ClNO2S. The van der Waals surface area contributed by atoms with Crippen molar-refractivity contribution in [3.05, 3.63) is 32.8 Å². The monoisotopic (exact) mass is 203 g/mol. The second-order valence-corrected chi connectivity index (χ2v) is 3.21. The van der Waals surface area contributed by atoms with E-state index in [0.29, 0.717) is 15.5 Å². The van der Waals surface area contributed by atoms with Gasteiger partial charge in [0.15, 0.2) is 0 Å². The Balaban J connectivity index is 3.31. The fourth-order valence-corrected chi connectivity index (χ4v) is 1.26. The molecular weight excluding hydrogens is 198 g/mol. The first-order valence-electron chi connectivity index (χ1n) is 3.16. The minimum absolute atomic E-state index is 0.0156. The van der Waals surface area contributed by atoms with E-state index in [9.17, 15) is 10.1 Å². The summed E-state index contributed by atoms with van der Waals surface area (Å²) >= 11 is 9.75. The van der Waals surface area contributed by atoms with Gasteiger partial charge in [-0.15, -0.1) is 12.6 Å². The summed E-state index contributed by atoms with van der Waals surface area (Å²) in [6, 6.07) is 2.75. The van der Waals surface area contributed by atoms with Gasteiger partial charge in [-0.1, -0.05) is 11.6 Å². The Hall–Kier alpha value is -0.740. The third kappa shape index (κ3) is 1.70. The number of non-ortho nitro benzene ring substituents is 1. The molecule has 12 heavy (non-hydrogen) atoms. The van der Waals surface area contributed by atoms with Gasteiger partial charge in [0.05, 0.1) is 9.95 Å². The first-order valence-corrected chi connectivity index (χ1v) is 3.98. The first kappa shape index (κ1) is 9.35. The van der Waals surface area contributed by atoms with Crippen molar-refractivity contribution in [2.75, 3.05) is 0 Å². The molecule has 0 atom stereocenters. The molecule has 0 unspecified atom stereocenters. The molecule has 3 nitrogen and oxygen atoms in total. The Kier molecular flexibility index (Phi) is 2.59. The molecule has 0 bridgehead atoms. The zero-order valence-electron chi connectivity index (χ0n) is 6.24. The first-order chi connectivity index (χ1) is 5.52. The second-order valence-electron chi connectivity index (χ2n) is 2.35. The number of thiol groups is 1. The van der Waals surface area contributed by atoms with Crippen molar-refractivity contribution in [2.45, 2.75) is 11.8 Å². The lowest BCUT2D eigenvalue weighted by atomic mass is 10.2. The van der Waals surface area contributed by atoms with E-state index in [-0.39, 0.29) is 5.69 Å². The predicted octanol–water partition coefficient (Wildman–Crippen LogP) is 2.85. The maximum atomic E-state index is 10.3. The van der Waals surface area contributed by atoms with Crippen LogP contribution in [0.2, 0.25) is 5.02 Å². The van der Waals surface area contributed by atoms with Gasteiger partial charge in [0.2, 0.25) is 0 Å². The number of benzene rings is 1. The van der Waals surface area contributed by atoms with E-state index in [0.717, 1.165) is 0 Å². The highest BCUT2D eigenvalue weighted by atomic mass is 35.5. The van der Waals surface area contributed by atoms with Crippen LogP contribution in [0.3, 0.4) is 0 Å². The summed E-state index contributed by atoms with van der Waals surface area (Å²) in [4.78, 5) is 10.3. The normalized spacial score (nSPS) is 9.92. The molecule has 0 aliphatic heterocycles. The maximum absolute atomic E-state index is 10.3. The Bertz CT molecular complexity index is 317. The lowest BCUT2D eigenvalue weighted by Crippen LogP contribution is -1.89. The SMILES string of the molecule is Cc1cc([N+](=O)[O-])cc(S)c1Cl. The molecule has 0 aliphatic rings. The molecule has 0 amide bonds. The zero-order valence-corrected chi connectivity index (χ0v) is 7.89. The molecule has 0 N–H and O–H groups in total. The highest BCUT2D eigenvalue weighted by molar-refractivity contribution is 7.80. The number of rotatable bonds is 1. The Morgan fingerprint density at radius 2 is 2.17 bits per heavy atom. The topological polar surface area (TPSA) is 43.1 Å². The van der Waals surface area contributed by atoms with Crippen LogP contribution in [0.5, 0.6) is 0 Å². The fraction of sp³-hybridized carbons (Fsp3) is 0.143. The molecule has 1 aromatic rings. The number of halogens is 1. The third-order valence-electron chi connectivity index (χ3n) is 1.43. The fourth-order valence-electron chi connectivity index (χ4n) is 0.838. The van der Waals surface area contributed by atoms with Gasteiger partial charge in [-0.05, 0) is 12.5 Å².